The minimum Gasteiger partial charge on any atom is -0.460 e. The predicted molar refractivity (Wildman–Crippen MR) is 74.6 cm³/mol. The van der Waals surface area contributed by atoms with Crippen LogP contribution in [0, 0.1) is 5.92 Å². The third kappa shape index (κ3) is 5.50. The van der Waals surface area contributed by atoms with Crippen LogP contribution < -0.4 is 5.32 Å². The fourth-order valence-electron chi connectivity index (χ4n) is 1.79. The molecule has 0 aliphatic carbocycles. The topological polar surface area (TPSA) is 106 Å². The average Bonchev–Trinajstić information content (AvgIpc) is 2.87. The van der Waals surface area contributed by atoms with Crippen molar-refractivity contribution in [3.63, 3.8) is 0 Å². The Hall–Kier alpha value is -1.96. The zero-order valence-corrected chi connectivity index (χ0v) is 12.8. The van der Waals surface area contributed by atoms with Gasteiger partial charge in [-0.1, -0.05) is 13.8 Å². The molecule has 0 unspecified atom stereocenters. The summed E-state index contributed by atoms with van der Waals surface area (Å²) in [6, 6.07) is -0.358. The maximum Gasteiger partial charge on any atom is 0.378 e. The van der Waals surface area contributed by atoms with Crippen LogP contribution in [0.4, 0.5) is 0 Å². The molecule has 0 spiro atoms. The SMILES string of the molecule is CCOC(=O)c1n[nH]c([C@@H](CC(C)C)NC(=O)COC)n1. The summed E-state index contributed by atoms with van der Waals surface area (Å²) in [5.74, 6) is -0.129. The van der Waals surface area contributed by atoms with Crippen molar-refractivity contribution in [2.24, 2.45) is 5.92 Å². The summed E-state index contributed by atoms with van der Waals surface area (Å²) in [7, 11) is 1.45. The van der Waals surface area contributed by atoms with E-state index in [9.17, 15) is 9.59 Å². The molecule has 8 nitrogen and oxygen atoms in total. The van der Waals surface area contributed by atoms with Gasteiger partial charge in [0.15, 0.2) is 0 Å². The Bertz CT molecular complexity index is 472. The first-order valence-electron chi connectivity index (χ1n) is 6.85. The van der Waals surface area contributed by atoms with Crippen molar-refractivity contribution < 1.29 is 19.1 Å². The lowest BCUT2D eigenvalue weighted by Crippen LogP contribution is -2.32. The number of nitrogens with zero attached hydrogens (tertiary/aromatic N) is 2. The highest BCUT2D eigenvalue weighted by Gasteiger charge is 2.22. The Morgan fingerprint density at radius 2 is 2.10 bits per heavy atom. The highest BCUT2D eigenvalue weighted by atomic mass is 16.5. The second-order valence-electron chi connectivity index (χ2n) is 4.95. The van der Waals surface area contributed by atoms with Gasteiger partial charge in [0, 0.05) is 7.11 Å². The van der Waals surface area contributed by atoms with E-state index in [4.69, 9.17) is 9.47 Å². The minimum absolute atomic E-state index is 0.0343. The number of rotatable bonds is 8. The molecule has 0 radical (unpaired) electrons. The second kappa shape index (κ2) is 8.35. The van der Waals surface area contributed by atoms with Crippen LogP contribution in [0.1, 0.15) is 49.7 Å². The molecule has 118 valence electrons. The van der Waals surface area contributed by atoms with Gasteiger partial charge >= 0.3 is 5.97 Å². The van der Waals surface area contributed by atoms with Crippen LogP contribution in [0.15, 0.2) is 0 Å². The van der Waals surface area contributed by atoms with Crippen LogP contribution in [0.25, 0.3) is 0 Å². The molecule has 0 aliphatic rings. The summed E-state index contributed by atoms with van der Waals surface area (Å²) in [5.41, 5.74) is 0. The number of carbonyl (C=O) groups is 2. The van der Waals surface area contributed by atoms with Gasteiger partial charge in [0.05, 0.1) is 12.6 Å². The lowest BCUT2D eigenvalue weighted by Gasteiger charge is -2.18. The van der Waals surface area contributed by atoms with Crippen molar-refractivity contribution in [2.45, 2.75) is 33.2 Å². The average molecular weight is 298 g/mol. The van der Waals surface area contributed by atoms with Gasteiger partial charge < -0.3 is 14.8 Å². The molecule has 0 fully saturated rings. The van der Waals surface area contributed by atoms with Crippen LogP contribution in [-0.2, 0) is 14.3 Å². The van der Waals surface area contributed by atoms with E-state index in [0.29, 0.717) is 18.2 Å². The van der Waals surface area contributed by atoms with Gasteiger partial charge in [-0.3, -0.25) is 9.89 Å². The number of carbonyl (C=O) groups excluding carboxylic acids is 2. The molecule has 1 aromatic rings. The number of hydrogen-bond acceptors (Lipinski definition) is 6. The minimum atomic E-state index is -0.591. The highest BCUT2D eigenvalue weighted by Crippen LogP contribution is 2.18. The lowest BCUT2D eigenvalue weighted by atomic mass is 10.0. The van der Waals surface area contributed by atoms with E-state index in [1.165, 1.54) is 7.11 Å². The summed E-state index contributed by atoms with van der Waals surface area (Å²) in [5, 5.41) is 9.30. The fourth-order valence-corrected chi connectivity index (χ4v) is 1.79. The van der Waals surface area contributed by atoms with Gasteiger partial charge in [-0.15, -0.1) is 5.10 Å². The molecule has 0 aliphatic heterocycles. The van der Waals surface area contributed by atoms with E-state index in [1.807, 2.05) is 13.8 Å². The monoisotopic (exact) mass is 298 g/mol. The number of aromatic amines is 1. The van der Waals surface area contributed by atoms with E-state index in [2.05, 4.69) is 20.5 Å². The molecule has 0 saturated heterocycles. The van der Waals surface area contributed by atoms with Gasteiger partial charge in [-0.25, -0.2) is 9.78 Å². The normalized spacial score (nSPS) is 12.2. The van der Waals surface area contributed by atoms with Crippen molar-refractivity contribution in [3.8, 4) is 0 Å². The molecule has 0 bridgehead atoms. The van der Waals surface area contributed by atoms with Crippen molar-refractivity contribution >= 4 is 11.9 Å². The molecular weight excluding hydrogens is 276 g/mol. The molecule has 8 heteroatoms. The van der Waals surface area contributed by atoms with Crippen molar-refractivity contribution in [1.82, 2.24) is 20.5 Å². The third-order valence-corrected chi connectivity index (χ3v) is 2.61. The zero-order chi connectivity index (χ0) is 15.8. The Morgan fingerprint density at radius 3 is 2.67 bits per heavy atom. The molecule has 2 N–H and O–H groups in total. The largest absolute Gasteiger partial charge is 0.460 e. The maximum absolute atomic E-state index is 11.7. The first-order valence-corrected chi connectivity index (χ1v) is 6.85. The molecule has 0 aromatic carbocycles. The van der Waals surface area contributed by atoms with E-state index < -0.39 is 5.97 Å². The standard InChI is InChI=1S/C13H22N4O4/c1-5-21-13(19)12-15-11(16-17-12)9(6-8(2)3)14-10(18)7-20-4/h8-9H,5-7H2,1-4H3,(H,14,18)(H,15,16,17)/t9-/m1/s1. The summed E-state index contributed by atoms with van der Waals surface area (Å²) in [4.78, 5) is 27.3. The number of H-pyrrole nitrogens is 1. The van der Waals surface area contributed by atoms with Crippen molar-refractivity contribution in [1.29, 1.82) is 0 Å². The van der Waals surface area contributed by atoms with Crippen LogP contribution >= 0.6 is 0 Å². The first kappa shape index (κ1) is 17.1. The molecule has 0 saturated carbocycles. The van der Waals surface area contributed by atoms with Gasteiger partial charge in [-0.2, -0.15) is 0 Å². The van der Waals surface area contributed by atoms with E-state index in [1.54, 1.807) is 6.92 Å². The number of methoxy groups -OCH3 is 1. The molecular formula is C13H22N4O4. The highest BCUT2D eigenvalue weighted by molar-refractivity contribution is 5.85. The maximum atomic E-state index is 11.7. The van der Waals surface area contributed by atoms with E-state index in [-0.39, 0.29) is 31.0 Å². The Kier molecular flexibility index (Phi) is 6.80. The summed E-state index contributed by atoms with van der Waals surface area (Å²) < 4.78 is 9.62. The molecule has 1 rings (SSSR count). The Balaban J connectivity index is 2.83. The molecule has 21 heavy (non-hydrogen) atoms. The molecule has 1 amide bonds. The van der Waals surface area contributed by atoms with Gasteiger partial charge in [0.25, 0.3) is 5.82 Å². The molecule has 1 atom stereocenters. The Labute approximate surface area is 123 Å². The number of ether oxygens (including phenoxy) is 2. The van der Waals surface area contributed by atoms with Gasteiger partial charge in [0.2, 0.25) is 5.91 Å². The van der Waals surface area contributed by atoms with Crippen LogP contribution in [0.3, 0.4) is 0 Å². The number of aromatic nitrogens is 3. The Morgan fingerprint density at radius 1 is 1.38 bits per heavy atom. The lowest BCUT2D eigenvalue weighted by molar-refractivity contribution is -0.125. The van der Waals surface area contributed by atoms with Crippen LogP contribution in [0.2, 0.25) is 0 Å². The number of nitrogens with one attached hydrogen (secondary N) is 2. The fraction of sp³-hybridized carbons (Fsp3) is 0.692. The summed E-state index contributed by atoms with van der Waals surface area (Å²) >= 11 is 0. The smallest absolute Gasteiger partial charge is 0.378 e. The third-order valence-electron chi connectivity index (χ3n) is 2.61. The predicted octanol–water partition coefficient (Wildman–Crippen LogP) is 0.831. The zero-order valence-electron chi connectivity index (χ0n) is 12.8. The number of hydrogen-bond donors (Lipinski definition) is 2. The van der Waals surface area contributed by atoms with Gasteiger partial charge in [0.1, 0.15) is 12.4 Å². The van der Waals surface area contributed by atoms with E-state index in [0.717, 1.165) is 0 Å². The number of amides is 1. The number of esters is 1. The second-order valence-corrected chi connectivity index (χ2v) is 4.95. The van der Waals surface area contributed by atoms with E-state index >= 15 is 0 Å². The first-order chi connectivity index (χ1) is 9.97. The van der Waals surface area contributed by atoms with Crippen molar-refractivity contribution in [2.75, 3.05) is 20.3 Å². The summed E-state index contributed by atoms with van der Waals surface area (Å²) in [6.07, 6.45) is 0.660. The van der Waals surface area contributed by atoms with Gasteiger partial charge in [-0.05, 0) is 19.3 Å². The molecule has 1 aromatic heterocycles. The quantitative estimate of drug-likeness (QED) is 0.689. The summed E-state index contributed by atoms with van der Waals surface area (Å²) in [6.45, 7) is 5.98. The molecule has 1 heterocycles. The van der Waals surface area contributed by atoms with Crippen molar-refractivity contribution in [3.05, 3.63) is 11.6 Å². The van der Waals surface area contributed by atoms with Crippen LogP contribution in [0.5, 0.6) is 0 Å². The van der Waals surface area contributed by atoms with Crippen LogP contribution in [-0.4, -0.2) is 47.4 Å².